The van der Waals surface area contributed by atoms with Crippen molar-refractivity contribution in [3.63, 3.8) is 0 Å². The van der Waals surface area contributed by atoms with Crippen LogP contribution in [0.5, 0.6) is 0 Å². The van der Waals surface area contributed by atoms with Crippen LogP contribution in [0.4, 0.5) is 4.79 Å². The quantitative estimate of drug-likeness (QED) is 0.644. The van der Waals surface area contributed by atoms with E-state index in [4.69, 9.17) is 4.74 Å². The number of esters is 1. The Kier molecular flexibility index (Phi) is 6.21. The molecule has 5 nitrogen and oxygen atoms in total. The Bertz CT molecular complexity index is 406. The highest BCUT2D eigenvalue weighted by molar-refractivity contribution is 9.10. The molecule has 0 fully saturated rings. The lowest BCUT2D eigenvalue weighted by Crippen LogP contribution is -2.37. The SMILES string of the molecule is CCNC(=O)NCCOC(=O)c1ccc(Br)cc1. The van der Waals surface area contributed by atoms with Crippen molar-refractivity contribution in [2.24, 2.45) is 0 Å². The average Bonchev–Trinajstić information content (AvgIpc) is 2.35. The van der Waals surface area contributed by atoms with Crippen molar-refractivity contribution in [2.45, 2.75) is 6.92 Å². The molecule has 0 saturated carbocycles. The average molecular weight is 315 g/mol. The molecule has 0 heterocycles. The first-order chi connectivity index (χ1) is 8.63. The molecule has 0 aliphatic heterocycles. The number of carbonyl (C=O) groups excluding carboxylic acids is 2. The van der Waals surface area contributed by atoms with Gasteiger partial charge in [0.25, 0.3) is 0 Å². The number of nitrogens with one attached hydrogen (secondary N) is 2. The van der Waals surface area contributed by atoms with E-state index in [2.05, 4.69) is 26.6 Å². The predicted molar refractivity (Wildman–Crippen MR) is 71.5 cm³/mol. The number of rotatable bonds is 5. The number of hydrogen-bond donors (Lipinski definition) is 2. The van der Waals surface area contributed by atoms with Crippen LogP contribution in [0.1, 0.15) is 17.3 Å². The summed E-state index contributed by atoms with van der Waals surface area (Å²) < 4.78 is 5.90. The summed E-state index contributed by atoms with van der Waals surface area (Å²) >= 11 is 3.28. The van der Waals surface area contributed by atoms with Gasteiger partial charge < -0.3 is 15.4 Å². The molecule has 0 aromatic heterocycles. The molecule has 0 aliphatic carbocycles. The molecule has 0 bridgehead atoms. The minimum Gasteiger partial charge on any atom is -0.460 e. The Labute approximate surface area is 114 Å². The van der Waals surface area contributed by atoms with Crippen LogP contribution in [0.25, 0.3) is 0 Å². The fourth-order valence-electron chi connectivity index (χ4n) is 1.20. The molecule has 0 aliphatic rings. The summed E-state index contributed by atoms with van der Waals surface area (Å²) in [5.74, 6) is -0.403. The number of urea groups is 1. The van der Waals surface area contributed by atoms with Gasteiger partial charge in [-0.25, -0.2) is 9.59 Å². The second-order valence-electron chi connectivity index (χ2n) is 3.43. The van der Waals surface area contributed by atoms with E-state index in [9.17, 15) is 9.59 Å². The summed E-state index contributed by atoms with van der Waals surface area (Å²) in [6, 6.07) is 6.61. The summed E-state index contributed by atoms with van der Waals surface area (Å²) in [6.07, 6.45) is 0. The minimum absolute atomic E-state index is 0.145. The zero-order valence-corrected chi connectivity index (χ0v) is 11.6. The van der Waals surface area contributed by atoms with Gasteiger partial charge in [0.1, 0.15) is 6.61 Å². The van der Waals surface area contributed by atoms with Gasteiger partial charge in [0, 0.05) is 11.0 Å². The van der Waals surface area contributed by atoms with E-state index in [-0.39, 0.29) is 19.2 Å². The van der Waals surface area contributed by atoms with Crippen LogP contribution in [-0.2, 0) is 4.74 Å². The van der Waals surface area contributed by atoms with Crippen LogP contribution >= 0.6 is 15.9 Å². The van der Waals surface area contributed by atoms with Crippen LogP contribution in [0.15, 0.2) is 28.7 Å². The monoisotopic (exact) mass is 314 g/mol. The summed E-state index contributed by atoms with van der Waals surface area (Å²) in [5, 5.41) is 5.14. The third-order valence-corrected chi connectivity index (χ3v) is 2.57. The summed E-state index contributed by atoms with van der Waals surface area (Å²) in [5.41, 5.74) is 0.483. The van der Waals surface area contributed by atoms with Crippen LogP contribution in [-0.4, -0.2) is 31.7 Å². The topological polar surface area (TPSA) is 67.4 Å². The van der Waals surface area contributed by atoms with Crippen LogP contribution in [0, 0.1) is 0 Å². The lowest BCUT2D eigenvalue weighted by Gasteiger charge is -2.07. The molecular formula is C12H15BrN2O3. The Morgan fingerprint density at radius 1 is 1.22 bits per heavy atom. The Morgan fingerprint density at radius 2 is 1.89 bits per heavy atom. The van der Waals surface area contributed by atoms with Crippen molar-refractivity contribution in [3.8, 4) is 0 Å². The van der Waals surface area contributed by atoms with E-state index in [1.807, 2.05) is 6.92 Å². The maximum absolute atomic E-state index is 11.6. The van der Waals surface area contributed by atoms with Crippen molar-refractivity contribution < 1.29 is 14.3 Å². The van der Waals surface area contributed by atoms with Crippen molar-refractivity contribution in [1.82, 2.24) is 10.6 Å². The molecule has 6 heteroatoms. The first-order valence-corrected chi connectivity index (χ1v) is 6.37. The molecule has 0 spiro atoms. The maximum atomic E-state index is 11.6. The van der Waals surface area contributed by atoms with Gasteiger partial charge >= 0.3 is 12.0 Å². The summed E-state index contributed by atoms with van der Waals surface area (Å²) in [7, 11) is 0. The van der Waals surface area contributed by atoms with Crippen LogP contribution in [0.2, 0.25) is 0 Å². The number of hydrogen-bond acceptors (Lipinski definition) is 3. The van der Waals surface area contributed by atoms with E-state index in [1.165, 1.54) is 0 Å². The van der Waals surface area contributed by atoms with E-state index in [0.29, 0.717) is 12.1 Å². The number of benzene rings is 1. The first kappa shape index (κ1) is 14.5. The lowest BCUT2D eigenvalue weighted by atomic mass is 10.2. The van der Waals surface area contributed by atoms with Gasteiger partial charge in [0.2, 0.25) is 0 Å². The zero-order chi connectivity index (χ0) is 13.4. The smallest absolute Gasteiger partial charge is 0.338 e. The van der Waals surface area contributed by atoms with E-state index in [1.54, 1.807) is 24.3 Å². The van der Waals surface area contributed by atoms with E-state index >= 15 is 0 Å². The van der Waals surface area contributed by atoms with Gasteiger partial charge in [-0.15, -0.1) is 0 Å². The molecule has 1 rings (SSSR count). The number of halogens is 1. The largest absolute Gasteiger partial charge is 0.460 e. The fraction of sp³-hybridized carbons (Fsp3) is 0.333. The molecule has 18 heavy (non-hydrogen) atoms. The second kappa shape index (κ2) is 7.71. The van der Waals surface area contributed by atoms with Crippen molar-refractivity contribution in [1.29, 1.82) is 0 Å². The van der Waals surface area contributed by atoms with E-state index < -0.39 is 5.97 Å². The maximum Gasteiger partial charge on any atom is 0.338 e. The van der Waals surface area contributed by atoms with Crippen LogP contribution in [0.3, 0.4) is 0 Å². The van der Waals surface area contributed by atoms with Crippen molar-refractivity contribution in [2.75, 3.05) is 19.7 Å². The molecule has 98 valence electrons. The van der Waals surface area contributed by atoms with Crippen molar-refractivity contribution in [3.05, 3.63) is 34.3 Å². The Hall–Kier alpha value is -1.56. The fourth-order valence-corrected chi connectivity index (χ4v) is 1.46. The first-order valence-electron chi connectivity index (χ1n) is 5.58. The Morgan fingerprint density at radius 3 is 2.50 bits per heavy atom. The minimum atomic E-state index is -0.403. The van der Waals surface area contributed by atoms with E-state index in [0.717, 1.165) is 4.47 Å². The molecule has 1 aromatic carbocycles. The molecule has 2 N–H and O–H groups in total. The molecular weight excluding hydrogens is 300 g/mol. The van der Waals surface area contributed by atoms with Gasteiger partial charge in [0.05, 0.1) is 12.1 Å². The summed E-state index contributed by atoms with van der Waals surface area (Å²) in [4.78, 5) is 22.6. The third-order valence-electron chi connectivity index (χ3n) is 2.04. The Balaban J connectivity index is 2.25. The van der Waals surface area contributed by atoms with Gasteiger partial charge in [-0.2, -0.15) is 0 Å². The predicted octanol–water partition coefficient (Wildman–Crippen LogP) is 1.92. The molecule has 2 amide bonds. The van der Waals surface area contributed by atoms with Crippen molar-refractivity contribution >= 4 is 27.9 Å². The highest BCUT2D eigenvalue weighted by Crippen LogP contribution is 2.11. The second-order valence-corrected chi connectivity index (χ2v) is 4.34. The number of carbonyl (C=O) groups is 2. The summed E-state index contributed by atoms with van der Waals surface area (Å²) in [6.45, 7) is 2.82. The molecule has 0 unspecified atom stereocenters. The highest BCUT2D eigenvalue weighted by atomic mass is 79.9. The number of ether oxygens (including phenoxy) is 1. The molecule has 0 atom stereocenters. The van der Waals surface area contributed by atoms with Gasteiger partial charge in [-0.3, -0.25) is 0 Å². The standard InChI is InChI=1S/C12H15BrN2O3/c1-2-14-12(17)15-7-8-18-11(16)9-3-5-10(13)6-4-9/h3-6H,2,7-8H2,1H3,(H2,14,15,17). The lowest BCUT2D eigenvalue weighted by molar-refractivity contribution is 0.0510. The van der Waals surface area contributed by atoms with Crippen LogP contribution < -0.4 is 10.6 Å². The number of amides is 2. The zero-order valence-electron chi connectivity index (χ0n) is 10.0. The normalized spacial score (nSPS) is 9.67. The van der Waals surface area contributed by atoms with Gasteiger partial charge in [0.15, 0.2) is 0 Å². The highest BCUT2D eigenvalue weighted by Gasteiger charge is 2.06. The third kappa shape index (κ3) is 5.18. The molecule has 0 saturated heterocycles. The molecule has 0 radical (unpaired) electrons. The van der Waals surface area contributed by atoms with Gasteiger partial charge in [-0.05, 0) is 31.2 Å². The molecule has 1 aromatic rings. The van der Waals surface area contributed by atoms with Gasteiger partial charge in [-0.1, -0.05) is 15.9 Å².